The van der Waals surface area contributed by atoms with Crippen LogP contribution in [-0.2, 0) is 0 Å². The lowest BCUT2D eigenvalue weighted by Crippen LogP contribution is -2.37. The van der Waals surface area contributed by atoms with Gasteiger partial charge in [0.25, 0.3) is 0 Å². The average Bonchev–Trinajstić information content (AvgIpc) is 2.39. The summed E-state index contributed by atoms with van der Waals surface area (Å²) in [6.07, 6.45) is 0.832. The molecule has 2 rings (SSSR count). The van der Waals surface area contributed by atoms with E-state index in [9.17, 15) is 8.78 Å². The highest BCUT2D eigenvalue weighted by Gasteiger charge is 2.27. The molecular weight excluding hydrogens is 244 g/mol. The predicted molar refractivity (Wildman–Crippen MR) is 74.3 cm³/mol. The van der Waals surface area contributed by atoms with E-state index in [0.717, 1.165) is 32.5 Å². The van der Waals surface area contributed by atoms with Crippen molar-refractivity contribution in [2.75, 3.05) is 19.6 Å². The summed E-state index contributed by atoms with van der Waals surface area (Å²) in [7, 11) is 0. The number of alkyl halides is 1. The summed E-state index contributed by atoms with van der Waals surface area (Å²) in [6.45, 7) is 7.47. The van der Waals surface area contributed by atoms with Crippen molar-refractivity contribution in [3.63, 3.8) is 0 Å². The fourth-order valence-corrected chi connectivity index (χ4v) is 2.86. The summed E-state index contributed by atoms with van der Waals surface area (Å²) in [5, 5.41) is 0. The minimum Gasteiger partial charge on any atom is -0.303 e. The molecule has 0 aliphatic carbocycles. The third-order valence-electron chi connectivity index (χ3n) is 3.86. The Kier molecular flexibility index (Phi) is 4.92. The standard InChI is InChI=1S/C16H23F2N/c1-12(2)11-19-9-7-14(8-10-19)16(18)13-3-5-15(17)6-4-13/h3-6,12,14,16H,7-11H2,1-2H3. The molecule has 1 atom stereocenters. The highest BCUT2D eigenvalue weighted by Crippen LogP contribution is 2.33. The highest BCUT2D eigenvalue weighted by molar-refractivity contribution is 5.19. The summed E-state index contributed by atoms with van der Waals surface area (Å²) < 4.78 is 27.2. The van der Waals surface area contributed by atoms with Gasteiger partial charge in [-0.25, -0.2) is 8.78 Å². The molecule has 1 aromatic rings. The number of hydrogen-bond donors (Lipinski definition) is 0. The molecule has 1 aliphatic heterocycles. The van der Waals surface area contributed by atoms with Crippen molar-refractivity contribution in [1.29, 1.82) is 0 Å². The normalized spacial score (nSPS) is 19.8. The fraction of sp³-hybridized carbons (Fsp3) is 0.625. The van der Waals surface area contributed by atoms with Crippen LogP contribution in [0.25, 0.3) is 0 Å². The molecule has 0 spiro atoms. The molecule has 1 fully saturated rings. The van der Waals surface area contributed by atoms with Crippen molar-refractivity contribution in [1.82, 2.24) is 4.90 Å². The highest BCUT2D eigenvalue weighted by atomic mass is 19.1. The molecule has 1 unspecified atom stereocenters. The summed E-state index contributed by atoms with van der Waals surface area (Å²) in [5.74, 6) is 0.436. The van der Waals surface area contributed by atoms with E-state index >= 15 is 0 Å². The molecule has 19 heavy (non-hydrogen) atoms. The first kappa shape index (κ1) is 14.4. The van der Waals surface area contributed by atoms with Crippen molar-refractivity contribution in [3.8, 4) is 0 Å². The molecule has 1 nitrogen and oxygen atoms in total. The number of nitrogens with zero attached hydrogens (tertiary/aromatic N) is 1. The van der Waals surface area contributed by atoms with E-state index in [1.54, 1.807) is 12.1 Å². The van der Waals surface area contributed by atoms with Gasteiger partial charge in [0.1, 0.15) is 12.0 Å². The molecule has 0 N–H and O–H groups in total. The number of halogens is 2. The quantitative estimate of drug-likeness (QED) is 0.790. The molecule has 1 aromatic carbocycles. The lowest BCUT2D eigenvalue weighted by atomic mass is 9.88. The Morgan fingerprint density at radius 3 is 2.26 bits per heavy atom. The Labute approximate surface area is 114 Å². The summed E-state index contributed by atoms with van der Waals surface area (Å²) in [6, 6.07) is 5.83. The van der Waals surface area contributed by atoms with Crippen LogP contribution >= 0.6 is 0 Å². The van der Waals surface area contributed by atoms with Crippen LogP contribution in [0.5, 0.6) is 0 Å². The van der Waals surface area contributed by atoms with Gasteiger partial charge in [-0.2, -0.15) is 0 Å². The minimum absolute atomic E-state index is 0.0777. The number of benzene rings is 1. The molecule has 0 saturated carbocycles. The van der Waals surface area contributed by atoms with Crippen LogP contribution in [-0.4, -0.2) is 24.5 Å². The molecule has 0 bridgehead atoms. The van der Waals surface area contributed by atoms with Crippen molar-refractivity contribution in [3.05, 3.63) is 35.6 Å². The van der Waals surface area contributed by atoms with E-state index < -0.39 is 6.17 Å². The Hall–Kier alpha value is -0.960. The van der Waals surface area contributed by atoms with E-state index in [4.69, 9.17) is 0 Å². The number of rotatable bonds is 4. The Bertz CT molecular complexity index is 380. The molecule has 1 heterocycles. The van der Waals surface area contributed by atoms with Gasteiger partial charge in [0.15, 0.2) is 0 Å². The monoisotopic (exact) mass is 267 g/mol. The zero-order chi connectivity index (χ0) is 13.8. The second-order valence-electron chi connectivity index (χ2n) is 5.99. The first-order valence-corrected chi connectivity index (χ1v) is 7.18. The van der Waals surface area contributed by atoms with Gasteiger partial charge in [-0.15, -0.1) is 0 Å². The Balaban J connectivity index is 1.88. The predicted octanol–water partition coefficient (Wildman–Crippen LogP) is 4.20. The van der Waals surface area contributed by atoms with Crippen molar-refractivity contribution >= 4 is 0 Å². The van der Waals surface area contributed by atoms with Crippen LogP contribution in [0.4, 0.5) is 8.78 Å². The average molecular weight is 267 g/mol. The van der Waals surface area contributed by atoms with E-state index in [2.05, 4.69) is 18.7 Å². The van der Waals surface area contributed by atoms with E-state index in [0.29, 0.717) is 11.5 Å². The number of piperidine rings is 1. The molecule has 0 radical (unpaired) electrons. The van der Waals surface area contributed by atoms with Crippen LogP contribution in [0.3, 0.4) is 0 Å². The molecule has 0 amide bonds. The summed E-state index contributed by atoms with van der Waals surface area (Å²) in [4.78, 5) is 2.42. The third kappa shape index (κ3) is 4.00. The SMILES string of the molecule is CC(C)CN1CCC(C(F)c2ccc(F)cc2)CC1. The van der Waals surface area contributed by atoms with Gasteiger partial charge in [0.05, 0.1) is 0 Å². The maximum atomic E-state index is 14.4. The Morgan fingerprint density at radius 2 is 1.74 bits per heavy atom. The number of likely N-dealkylation sites (tertiary alicyclic amines) is 1. The van der Waals surface area contributed by atoms with E-state index in [1.807, 2.05) is 0 Å². The largest absolute Gasteiger partial charge is 0.303 e. The lowest BCUT2D eigenvalue weighted by molar-refractivity contribution is 0.113. The zero-order valence-electron chi connectivity index (χ0n) is 11.8. The topological polar surface area (TPSA) is 3.24 Å². The molecule has 1 aliphatic rings. The molecule has 0 aromatic heterocycles. The molecule has 3 heteroatoms. The van der Waals surface area contributed by atoms with Crippen LogP contribution in [0.2, 0.25) is 0 Å². The van der Waals surface area contributed by atoms with Gasteiger partial charge < -0.3 is 4.90 Å². The van der Waals surface area contributed by atoms with Gasteiger partial charge in [-0.05, 0) is 55.5 Å². The van der Waals surface area contributed by atoms with Crippen LogP contribution in [0.15, 0.2) is 24.3 Å². The fourth-order valence-electron chi connectivity index (χ4n) is 2.86. The van der Waals surface area contributed by atoms with Crippen molar-refractivity contribution < 1.29 is 8.78 Å². The maximum Gasteiger partial charge on any atom is 0.128 e. The summed E-state index contributed by atoms with van der Waals surface area (Å²) in [5.41, 5.74) is 0.615. The van der Waals surface area contributed by atoms with E-state index in [-0.39, 0.29) is 11.7 Å². The number of hydrogen-bond acceptors (Lipinski definition) is 1. The van der Waals surface area contributed by atoms with Crippen LogP contribution in [0.1, 0.15) is 38.4 Å². The van der Waals surface area contributed by atoms with Gasteiger partial charge in [0, 0.05) is 6.54 Å². The maximum absolute atomic E-state index is 14.4. The second kappa shape index (κ2) is 6.47. The smallest absolute Gasteiger partial charge is 0.128 e. The zero-order valence-corrected chi connectivity index (χ0v) is 11.8. The Morgan fingerprint density at radius 1 is 1.16 bits per heavy atom. The van der Waals surface area contributed by atoms with Crippen LogP contribution in [0, 0.1) is 17.7 Å². The molecule has 1 saturated heterocycles. The minimum atomic E-state index is -0.957. The van der Waals surface area contributed by atoms with Crippen molar-refractivity contribution in [2.45, 2.75) is 32.9 Å². The van der Waals surface area contributed by atoms with Gasteiger partial charge in [-0.1, -0.05) is 26.0 Å². The van der Waals surface area contributed by atoms with E-state index in [1.165, 1.54) is 12.1 Å². The summed E-state index contributed by atoms with van der Waals surface area (Å²) >= 11 is 0. The lowest BCUT2D eigenvalue weighted by Gasteiger charge is -2.34. The van der Waals surface area contributed by atoms with Crippen molar-refractivity contribution in [2.24, 2.45) is 11.8 Å². The van der Waals surface area contributed by atoms with Crippen LogP contribution < -0.4 is 0 Å². The van der Waals surface area contributed by atoms with Gasteiger partial charge in [0.2, 0.25) is 0 Å². The third-order valence-corrected chi connectivity index (χ3v) is 3.86. The van der Waals surface area contributed by atoms with Gasteiger partial charge in [-0.3, -0.25) is 0 Å². The molecule has 106 valence electrons. The first-order chi connectivity index (χ1) is 9.06. The van der Waals surface area contributed by atoms with Gasteiger partial charge >= 0.3 is 0 Å². The first-order valence-electron chi connectivity index (χ1n) is 7.18. The molecular formula is C16H23F2N. The second-order valence-corrected chi connectivity index (χ2v) is 5.99.